The normalized spacial score (nSPS) is 10.4. The zero-order valence-electron chi connectivity index (χ0n) is 17.1. The van der Waals surface area contributed by atoms with Gasteiger partial charge in [-0.1, -0.05) is 12.1 Å². The second-order valence-electron chi connectivity index (χ2n) is 6.58. The number of hydrogen-bond acceptors (Lipinski definition) is 5. The van der Waals surface area contributed by atoms with E-state index in [4.69, 9.17) is 9.47 Å². The molecule has 0 atom stereocenters. The van der Waals surface area contributed by atoms with Crippen LogP contribution in [-0.4, -0.2) is 37.0 Å². The molecule has 0 fully saturated rings. The first kappa shape index (κ1) is 21.9. The van der Waals surface area contributed by atoms with Crippen LogP contribution in [0.25, 0.3) is 0 Å². The number of rotatable bonds is 8. The van der Waals surface area contributed by atoms with E-state index in [-0.39, 0.29) is 30.7 Å². The minimum atomic E-state index is -0.521. The fourth-order valence-electron chi connectivity index (χ4n) is 2.67. The van der Waals surface area contributed by atoms with Crippen molar-refractivity contribution in [2.24, 2.45) is 0 Å². The highest BCUT2D eigenvalue weighted by molar-refractivity contribution is 6.05. The van der Waals surface area contributed by atoms with E-state index in [1.807, 2.05) is 13.8 Å². The van der Waals surface area contributed by atoms with Gasteiger partial charge >= 0.3 is 5.97 Å². The fraction of sp³-hybridized carbons (Fsp3) is 0.318. The van der Waals surface area contributed by atoms with E-state index in [2.05, 4.69) is 5.32 Å². The van der Waals surface area contributed by atoms with Crippen LogP contribution in [0.3, 0.4) is 0 Å². The van der Waals surface area contributed by atoms with Gasteiger partial charge in [-0.15, -0.1) is 0 Å². The third kappa shape index (κ3) is 6.34. The number of carbonyl (C=O) groups is 3. The van der Waals surface area contributed by atoms with E-state index < -0.39 is 11.9 Å². The molecular weight excluding hydrogens is 372 g/mol. The van der Waals surface area contributed by atoms with Crippen LogP contribution >= 0.6 is 0 Å². The number of para-hydroxylation sites is 1. The molecule has 0 saturated heterocycles. The molecule has 2 aromatic carbocycles. The fourth-order valence-corrected chi connectivity index (χ4v) is 2.67. The van der Waals surface area contributed by atoms with E-state index in [1.165, 1.54) is 11.8 Å². The van der Waals surface area contributed by atoms with Gasteiger partial charge in [0.25, 0.3) is 0 Å². The zero-order chi connectivity index (χ0) is 21.4. The third-order valence-electron chi connectivity index (χ3n) is 3.90. The number of benzene rings is 2. The molecule has 7 heteroatoms. The predicted molar refractivity (Wildman–Crippen MR) is 111 cm³/mol. The van der Waals surface area contributed by atoms with Crippen molar-refractivity contribution in [3.05, 3.63) is 54.1 Å². The van der Waals surface area contributed by atoms with Crippen LogP contribution in [0.5, 0.6) is 5.75 Å². The lowest BCUT2D eigenvalue weighted by molar-refractivity contribution is -0.120. The Balaban J connectivity index is 2.13. The second kappa shape index (κ2) is 10.3. The lowest BCUT2D eigenvalue weighted by atomic mass is 10.1. The Bertz CT molecular complexity index is 862. The van der Waals surface area contributed by atoms with Gasteiger partial charge in [-0.05, 0) is 57.2 Å². The Morgan fingerprint density at radius 2 is 1.69 bits per heavy atom. The van der Waals surface area contributed by atoms with Crippen LogP contribution in [-0.2, 0) is 14.3 Å². The molecule has 0 aliphatic rings. The molecule has 1 N–H and O–H groups in total. The highest BCUT2D eigenvalue weighted by Crippen LogP contribution is 2.21. The summed E-state index contributed by atoms with van der Waals surface area (Å²) in [6.45, 7) is 6.98. The summed E-state index contributed by atoms with van der Waals surface area (Å²) in [5, 5.41) is 2.68. The standard InChI is InChI=1S/C22H26N2O5/c1-5-28-22(27)19-8-6-7-9-20(19)23-21(26)14-24(16(4)25)17-10-12-18(13-11-17)29-15(2)3/h6-13,15H,5,14H2,1-4H3,(H,23,26). The first-order chi connectivity index (χ1) is 13.8. The Labute approximate surface area is 170 Å². The maximum atomic E-state index is 12.6. The van der Waals surface area contributed by atoms with Crippen LogP contribution < -0.4 is 15.0 Å². The molecule has 2 rings (SSSR count). The average Bonchev–Trinajstić information content (AvgIpc) is 2.67. The first-order valence-electron chi connectivity index (χ1n) is 9.42. The Morgan fingerprint density at radius 1 is 1.03 bits per heavy atom. The molecule has 0 bridgehead atoms. The predicted octanol–water partition coefficient (Wildman–Crippen LogP) is 3.64. The monoisotopic (exact) mass is 398 g/mol. The number of esters is 1. The minimum absolute atomic E-state index is 0.0370. The summed E-state index contributed by atoms with van der Waals surface area (Å²) in [4.78, 5) is 38.1. The van der Waals surface area contributed by atoms with Crippen LogP contribution in [0, 0.1) is 0 Å². The largest absolute Gasteiger partial charge is 0.491 e. The summed E-state index contributed by atoms with van der Waals surface area (Å²) in [6, 6.07) is 13.5. The van der Waals surface area contributed by atoms with Crippen molar-refractivity contribution in [2.75, 3.05) is 23.4 Å². The molecule has 0 aliphatic carbocycles. The van der Waals surface area contributed by atoms with Crippen LogP contribution in [0.2, 0.25) is 0 Å². The number of nitrogens with zero attached hydrogens (tertiary/aromatic N) is 1. The summed E-state index contributed by atoms with van der Waals surface area (Å²) in [7, 11) is 0. The number of ether oxygens (including phenoxy) is 2. The summed E-state index contributed by atoms with van der Waals surface area (Å²) in [5.74, 6) is -0.552. The highest BCUT2D eigenvalue weighted by atomic mass is 16.5. The quantitative estimate of drug-likeness (QED) is 0.686. The molecule has 0 heterocycles. The molecule has 2 aromatic rings. The van der Waals surface area contributed by atoms with Gasteiger partial charge in [-0.25, -0.2) is 4.79 Å². The maximum absolute atomic E-state index is 12.6. The summed E-state index contributed by atoms with van der Waals surface area (Å²) in [5.41, 5.74) is 1.16. The lowest BCUT2D eigenvalue weighted by Crippen LogP contribution is -2.36. The molecule has 29 heavy (non-hydrogen) atoms. The Morgan fingerprint density at radius 3 is 2.28 bits per heavy atom. The summed E-state index contributed by atoms with van der Waals surface area (Å²) < 4.78 is 10.6. The maximum Gasteiger partial charge on any atom is 0.340 e. The molecule has 0 radical (unpaired) electrons. The molecule has 0 aromatic heterocycles. The van der Waals surface area contributed by atoms with E-state index in [9.17, 15) is 14.4 Å². The Kier molecular flexibility index (Phi) is 7.77. The lowest BCUT2D eigenvalue weighted by Gasteiger charge is -2.21. The molecule has 0 aliphatic heterocycles. The Hall–Kier alpha value is -3.35. The van der Waals surface area contributed by atoms with E-state index in [0.29, 0.717) is 17.1 Å². The zero-order valence-corrected chi connectivity index (χ0v) is 17.1. The number of nitrogens with one attached hydrogen (secondary N) is 1. The molecule has 0 unspecified atom stereocenters. The second-order valence-corrected chi connectivity index (χ2v) is 6.58. The summed E-state index contributed by atoms with van der Waals surface area (Å²) >= 11 is 0. The summed E-state index contributed by atoms with van der Waals surface area (Å²) in [6.07, 6.45) is 0.0370. The van der Waals surface area contributed by atoms with Crippen molar-refractivity contribution in [3.8, 4) is 5.75 Å². The van der Waals surface area contributed by atoms with Gasteiger partial charge < -0.3 is 19.7 Å². The molecule has 154 valence electrons. The number of hydrogen-bond donors (Lipinski definition) is 1. The molecule has 0 saturated carbocycles. The van der Waals surface area contributed by atoms with Crippen molar-refractivity contribution in [1.29, 1.82) is 0 Å². The number of amides is 2. The van der Waals surface area contributed by atoms with Crippen molar-refractivity contribution in [1.82, 2.24) is 0 Å². The van der Waals surface area contributed by atoms with Gasteiger partial charge in [-0.3, -0.25) is 9.59 Å². The molecular formula is C22H26N2O5. The van der Waals surface area contributed by atoms with Crippen molar-refractivity contribution < 1.29 is 23.9 Å². The smallest absolute Gasteiger partial charge is 0.340 e. The van der Waals surface area contributed by atoms with Gasteiger partial charge in [0.05, 0.1) is 24.0 Å². The van der Waals surface area contributed by atoms with Gasteiger partial charge in [0.1, 0.15) is 12.3 Å². The van der Waals surface area contributed by atoms with Crippen LogP contribution in [0.4, 0.5) is 11.4 Å². The van der Waals surface area contributed by atoms with Crippen molar-refractivity contribution >= 4 is 29.2 Å². The highest BCUT2D eigenvalue weighted by Gasteiger charge is 2.19. The van der Waals surface area contributed by atoms with E-state index in [1.54, 1.807) is 55.5 Å². The van der Waals surface area contributed by atoms with Gasteiger partial charge in [0, 0.05) is 12.6 Å². The van der Waals surface area contributed by atoms with Crippen LogP contribution in [0.1, 0.15) is 38.1 Å². The number of anilines is 2. The average molecular weight is 398 g/mol. The van der Waals surface area contributed by atoms with E-state index in [0.717, 1.165) is 0 Å². The van der Waals surface area contributed by atoms with E-state index >= 15 is 0 Å². The minimum Gasteiger partial charge on any atom is -0.491 e. The van der Waals surface area contributed by atoms with Gasteiger partial charge in [0.2, 0.25) is 11.8 Å². The van der Waals surface area contributed by atoms with Gasteiger partial charge in [-0.2, -0.15) is 0 Å². The molecule has 0 spiro atoms. The SMILES string of the molecule is CCOC(=O)c1ccccc1NC(=O)CN(C(C)=O)c1ccc(OC(C)C)cc1. The number of carbonyl (C=O) groups excluding carboxylic acids is 3. The van der Waals surface area contributed by atoms with Crippen LogP contribution in [0.15, 0.2) is 48.5 Å². The topological polar surface area (TPSA) is 84.9 Å². The molecule has 7 nitrogen and oxygen atoms in total. The van der Waals surface area contributed by atoms with Crippen molar-refractivity contribution in [3.63, 3.8) is 0 Å². The molecule has 2 amide bonds. The third-order valence-corrected chi connectivity index (χ3v) is 3.90. The van der Waals surface area contributed by atoms with Gasteiger partial charge in [0.15, 0.2) is 0 Å². The first-order valence-corrected chi connectivity index (χ1v) is 9.42. The van der Waals surface area contributed by atoms with Crippen molar-refractivity contribution in [2.45, 2.75) is 33.8 Å².